The highest BCUT2D eigenvalue weighted by molar-refractivity contribution is 5.78. The average molecular weight is 355 g/mol. The fraction of sp³-hybridized carbons (Fsp3) is 0.526. The first-order valence-corrected chi connectivity index (χ1v) is 9.17. The summed E-state index contributed by atoms with van der Waals surface area (Å²) in [5, 5.41) is 3.42. The predicted octanol–water partition coefficient (Wildman–Crippen LogP) is 1.36. The SMILES string of the molecule is Cn1ccnc1CN(C(=O)COc1cccnc1)[C@H]1CC12CCNCC2. The molecule has 2 fully saturated rings. The van der Waals surface area contributed by atoms with Gasteiger partial charge in [0.15, 0.2) is 6.61 Å². The molecule has 0 bridgehead atoms. The highest BCUT2D eigenvalue weighted by Crippen LogP contribution is 2.56. The third-order valence-corrected chi connectivity index (χ3v) is 5.67. The van der Waals surface area contributed by atoms with E-state index >= 15 is 0 Å². The summed E-state index contributed by atoms with van der Waals surface area (Å²) in [6.45, 7) is 2.62. The number of hydrogen-bond acceptors (Lipinski definition) is 5. The van der Waals surface area contributed by atoms with Gasteiger partial charge in [-0.2, -0.15) is 0 Å². The summed E-state index contributed by atoms with van der Waals surface area (Å²) < 4.78 is 7.63. The Hall–Kier alpha value is -2.41. The van der Waals surface area contributed by atoms with Gasteiger partial charge < -0.3 is 19.5 Å². The van der Waals surface area contributed by atoms with E-state index in [-0.39, 0.29) is 24.0 Å². The smallest absolute Gasteiger partial charge is 0.261 e. The lowest BCUT2D eigenvalue weighted by molar-refractivity contribution is -0.135. The van der Waals surface area contributed by atoms with Crippen LogP contribution in [0.5, 0.6) is 5.75 Å². The zero-order valence-corrected chi connectivity index (χ0v) is 15.1. The average Bonchev–Trinajstić information content (AvgIpc) is 3.18. The van der Waals surface area contributed by atoms with Crippen LogP contribution >= 0.6 is 0 Å². The number of aryl methyl sites for hydroxylation is 1. The van der Waals surface area contributed by atoms with Gasteiger partial charge >= 0.3 is 0 Å². The van der Waals surface area contributed by atoms with Crippen LogP contribution in [0.3, 0.4) is 0 Å². The molecule has 1 N–H and O–H groups in total. The number of hydrogen-bond donors (Lipinski definition) is 1. The first-order chi connectivity index (χ1) is 12.7. The highest BCUT2D eigenvalue weighted by Gasteiger charge is 2.57. The van der Waals surface area contributed by atoms with Gasteiger partial charge in [0, 0.05) is 31.7 Å². The van der Waals surface area contributed by atoms with Gasteiger partial charge in [-0.25, -0.2) is 4.98 Å². The third-order valence-electron chi connectivity index (χ3n) is 5.67. The van der Waals surface area contributed by atoms with Gasteiger partial charge in [0.1, 0.15) is 11.6 Å². The molecule has 1 atom stereocenters. The Labute approximate surface area is 153 Å². The number of imidazole rings is 1. The number of piperidine rings is 1. The summed E-state index contributed by atoms with van der Waals surface area (Å²) >= 11 is 0. The van der Waals surface area contributed by atoms with E-state index in [2.05, 4.69) is 15.3 Å². The van der Waals surface area contributed by atoms with Crippen LogP contribution in [0.1, 0.15) is 25.1 Å². The maximum atomic E-state index is 13.0. The summed E-state index contributed by atoms with van der Waals surface area (Å²) in [6, 6.07) is 3.90. The van der Waals surface area contributed by atoms with Crippen molar-refractivity contribution < 1.29 is 9.53 Å². The fourth-order valence-corrected chi connectivity index (χ4v) is 3.96. The fourth-order valence-electron chi connectivity index (χ4n) is 3.96. The maximum absolute atomic E-state index is 13.0. The van der Waals surface area contributed by atoms with E-state index in [4.69, 9.17) is 4.74 Å². The van der Waals surface area contributed by atoms with E-state index in [0.29, 0.717) is 12.3 Å². The van der Waals surface area contributed by atoms with Gasteiger partial charge in [0.25, 0.3) is 5.91 Å². The van der Waals surface area contributed by atoms with Crippen molar-refractivity contribution >= 4 is 5.91 Å². The van der Waals surface area contributed by atoms with E-state index in [1.807, 2.05) is 28.8 Å². The van der Waals surface area contributed by atoms with Gasteiger partial charge in [-0.05, 0) is 49.9 Å². The molecular weight excluding hydrogens is 330 g/mol. The van der Waals surface area contributed by atoms with Crippen LogP contribution in [0.25, 0.3) is 0 Å². The van der Waals surface area contributed by atoms with Crippen LogP contribution in [0.2, 0.25) is 0 Å². The number of aromatic nitrogens is 3. The summed E-state index contributed by atoms with van der Waals surface area (Å²) in [4.78, 5) is 23.4. The van der Waals surface area contributed by atoms with Crippen LogP contribution in [0.15, 0.2) is 36.9 Å². The van der Waals surface area contributed by atoms with Crippen LogP contribution in [-0.4, -0.2) is 51.1 Å². The van der Waals surface area contributed by atoms with Crippen LogP contribution in [0, 0.1) is 5.41 Å². The number of nitrogens with one attached hydrogen (secondary N) is 1. The molecule has 138 valence electrons. The predicted molar refractivity (Wildman–Crippen MR) is 96.4 cm³/mol. The van der Waals surface area contributed by atoms with Gasteiger partial charge in [0.2, 0.25) is 0 Å². The molecule has 0 unspecified atom stereocenters. The molecule has 1 saturated heterocycles. The van der Waals surface area contributed by atoms with Crippen LogP contribution < -0.4 is 10.1 Å². The van der Waals surface area contributed by atoms with Crippen molar-refractivity contribution in [1.29, 1.82) is 0 Å². The first-order valence-electron chi connectivity index (χ1n) is 9.17. The van der Waals surface area contributed by atoms with Crippen LogP contribution in [0.4, 0.5) is 0 Å². The van der Waals surface area contributed by atoms with Crippen LogP contribution in [-0.2, 0) is 18.4 Å². The van der Waals surface area contributed by atoms with E-state index in [1.54, 1.807) is 24.7 Å². The monoisotopic (exact) mass is 355 g/mol. The Bertz CT molecular complexity index is 754. The lowest BCUT2D eigenvalue weighted by Gasteiger charge is -2.29. The van der Waals surface area contributed by atoms with Crippen molar-refractivity contribution in [2.24, 2.45) is 12.5 Å². The van der Waals surface area contributed by atoms with E-state index in [9.17, 15) is 4.79 Å². The van der Waals surface area contributed by atoms with E-state index in [0.717, 1.165) is 38.2 Å². The topological polar surface area (TPSA) is 72.3 Å². The standard InChI is InChI=1S/C19H25N5O2/c1-23-10-9-22-17(23)13-24(16-11-19(16)4-7-20-8-5-19)18(25)14-26-15-3-2-6-21-12-15/h2-3,6,9-10,12,16,20H,4-5,7-8,11,13-14H2,1H3/t16-/m0/s1. The molecule has 1 aliphatic carbocycles. The molecule has 7 nitrogen and oxygen atoms in total. The molecule has 1 saturated carbocycles. The quantitative estimate of drug-likeness (QED) is 0.847. The molecule has 0 aromatic carbocycles. The number of carbonyl (C=O) groups excluding carboxylic acids is 1. The van der Waals surface area contributed by atoms with E-state index in [1.165, 1.54) is 0 Å². The Balaban J connectivity index is 1.47. The Kier molecular flexibility index (Phi) is 4.63. The number of carbonyl (C=O) groups is 1. The number of pyridine rings is 1. The minimum Gasteiger partial charge on any atom is -0.482 e. The van der Waals surface area contributed by atoms with Gasteiger partial charge in [-0.3, -0.25) is 9.78 Å². The molecule has 2 aromatic rings. The molecule has 2 aromatic heterocycles. The molecule has 1 spiro atoms. The van der Waals surface area contributed by atoms with Gasteiger partial charge in [0.05, 0.1) is 12.7 Å². The summed E-state index contributed by atoms with van der Waals surface area (Å²) in [6.07, 6.45) is 10.3. The largest absolute Gasteiger partial charge is 0.482 e. The summed E-state index contributed by atoms with van der Waals surface area (Å²) in [7, 11) is 1.96. The molecule has 4 rings (SSSR count). The molecule has 3 heterocycles. The second-order valence-corrected chi connectivity index (χ2v) is 7.29. The highest BCUT2D eigenvalue weighted by atomic mass is 16.5. The minimum absolute atomic E-state index is 0.0114. The van der Waals surface area contributed by atoms with E-state index < -0.39 is 0 Å². The second-order valence-electron chi connectivity index (χ2n) is 7.29. The van der Waals surface area contributed by atoms with Crippen molar-refractivity contribution in [3.8, 4) is 5.75 Å². The van der Waals surface area contributed by atoms with Crippen molar-refractivity contribution in [2.45, 2.75) is 31.8 Å². The number of amides is 1. The zero-order valence-electron chi connectivity index (χ0n) is 15.1. The van der Waals surface area contributed by atoms with Gasteiger partial charge in [-0.15, -0.1) is 0 Å². The van der Waals surface area contributed by atoms with Crippen molar-refractivity contribution in [2.75, 3.05) is 19.7 Å². The number of rotatable bonds is 6. The lowest BCUT2D eigenvalue weighted by Crippen LogP contribution is -2.41. The maximum Gasteiger partial charge on any atom is 0.261 e. The third kappa shape index (κ3) is 3.44. The van der Waals surface area contributed by atoms with Crippen molar-refractivity contribution in [3.05, 3.63) is 42.7 Å². The Morgan fingerprint density at radius 1 is 1.42 bits per heavy atom. The molecule has 1 amide bonds. The second kappa shape index (κ2) is 7.07. The molecule has 0 radical (unpaired) electrons. The van der Waals surface area contributed by atoms with Crippen molar-refractivity contribution in [1.82, 2.24) is 24.8 Å². The lowest BCUT2D eigenvalue weighted by atomic mass is 9.93. The zero-order chi connectivity index (χ0) is 18.0. The Morgan fingerprint density at radius 2 is 2.27 bits per heavy atom. The molecule has 1 aliphatic heterocycles. The molecule has 7 heteroatoms. The van der Waals surface area contributed by atoms with Crippen molar-refractivity contribution in [3.63, 3.8) is 0 Å². The summed E-state index contributed by atoms with van der Waals surface area (Å²) in [5.74, 6) is 1.53. The van der Waals surface area contributed by atoms with Gasteiger partial charge in [-0.1, -0.05) is 0 Å². The summed E-state index contributed by atoms with van der Waals surface area (Å²) in [5.41, 5.74) is 0.278. The molecule has 26 heavy (non-hydrogen) atoms. The number of nitrogens with zero attached hydrogens (tertiary/aromatic N) is 4. The normalized spacial score (nSPS) is 20.7. The molecule has 2 aliphatic rings. The molecular formula is C19H25N5O2. The Morgan fingerprint density at radius 3 is 2.96 bits per heavy atom. The first kappa shape index (κ1) is 17.0. The number of ether oxygens (including phenoxy) is 1. The minimum atomic E-state index is 0.0114.